The fourth-order valence-electron chi connectivity index (χ4n) is 6.33. The van der Waals surface area contributed by atoms with Crippen molar-refractivity contribution in [2.75, 3.05) is 13.2 Å². The lowest BCUT2D eigenvalue weighted by Crippen LogP contribution is -2.30. The van der Waals surface area contributed by atoms with Crippen LogP contribution in [0.4, 0.5) is 0 Å². The SMILES string of the molecule is CC/C=C\C/C=C\C/C=C\CCCCCCCC(=O)OCC(COC(=O)CCCCCCCCC)OC(=O)CCCCCCC/C=C\CCCCCCCC. The van der Waals surface area contributed by atoms with Crippen LogP contribution in [0, 0.1) is 0 Å². The van der Waals surface area contributed by atoms with E-state index in [1.807, 2.05) is 0 Å². The van der Waals surface area contributed by atoms with E-state index in [2.05, 4.69) is 69.4 Å². The van der Waals surface area contributed by atoms with Crippen LogP contribution >= 0.6 is 0 Å². The van der Waals surface area contributed by atoms with Crippen molar-refractivity contribution in [1.29, 1.82) is 0 Å². The minimum atomic E-state index is -0.779. The van der Waals surface area contributed by atoms with Gasteiger partial charge < -0.3 is 14.2 Å². The average Bonchev–Trinajstić information content (AvgIpc) is 3.18. The topological polar surface area (TPSA) is 78.9 Å². The first kappa shape index (κ1) is 52.4. The quantitative estimate of drug-likeness (QED) is 0.0267. The number of unbranched alkanes of at least 4 members (excludes halogenated alkanes) is 22. The van der Waals surface area contributed by atoms with Gasteiger partial charge in [-0.1, -0.05) is 179 Å². The van der Waals surface area contributed by atoms with E-state index in [0.29, 0.717) is 19.3 Å². The largest absolute Gasteiger partial charge is 0.462 e. The second kappa shape index (κ2) is 44.1. The molecule has 0 aromatic heterocycles. The molecular formula is C49H86O6. The zero-order valence-electron chi connectivity index (χ0n) is 36.2. The molecule has 1 atom stereocenters. The second-order valence-electron chi connectivity index (χ2n) is 15.3. The highest BCUT2D eigenvalue weighted by atomic mass is 16.6. The molecule has 6 heteroatoms. The van der Waals surface area contributed by atoms with Crippen LogP contribution in [-0.4, -0.2) is 37.2 Å². The van der Waals surface area contributed by atoms with Crippen LogP contribution < -0.4 is 0 Å². The molecule has 0 saturated carbocycles. The van der Waals surface area contributed by atoms with Crippen LogP contribution in [0.15, 0.2) is 48.6 Å². The van der Waals surface area contributed by atoms with Crippen LogP contribution in [-0.2, 0) is 28.6 Å². The number of ether oxygens (including phenoxy) is 3. The molecule has 0 heterocycles. The van der Waals surface area contributed by atoms with E-state index >= 15 is 0 Å². The number of hydrogen-bond donors (Lipinski definition) is 0. The molecule has 0 aromatic rings. The summed E-state index contributed by atoms with van der Waals surface area (Å²) in [5.41, 5.74) is 0. The van der Waals surface area contributed by atoms with E-state index in [9.17, 15) is 14.4 Å². The van der Waals surface area contributed by atoms with E-state index in [1.54, 1.807) is 0 Å². The Bertz CT molecular complexity index is 980. The van der Waals surface area contributed by atoms with Gasteiger partial charge in [0.05, 0.1) is 0 Å². The van der Waals surface area contributed by atoms with Crippen molar-refractivity contribution in [2.45, 2.75) is 232 Å². The van der Waals surface area contributed by atoms with Crippen LogP contribution in [0.2, 0.25) is 0 Å². The van der Waals surface area contributed by atoms with Gasteiger partial charge >= 0.3 is 17.9 Å². The summed E-state index contributed by atoms with van der Waals surface area (Å²) in [6.45, 7) is 6.45. The molecule has 0 saturated heterocycles. The number of esters is 3. The summed E-state index contributed by atoms with van der Waals surface area (Å²) >= 11 is 0. The summed E-state index contributed by atoms with van der Waals surface area (Å²) in [6.07, 6.45) is 51.0. The van der Waals surface area contributed by atoms with Gasteiger partial charge in [-0.15, -0.1) is 0 Å². The van der Waals surface area contributed by atoms with Crippen LogP contribution in [0.1, 0.15) is 226 Å². The van der Waals surface area contributed by atoms with Gasteiger partial charge in [-0.2, -0.15) is 0 Å². The molecule has 0 rings (SSSR count). The van der Waals surface area contributed by atoms with Crippen molar-refractivity contribution in [2.24, 2.45) is 0 Å². The van der Waals surface area contributed by atoms with Crippen molar-refractivity contribution in [1.82, 2.24) is 0 Å². The van der Waals surface area contributed by atoms with Crippen molar-refractivity contribution in [3.63, 3.8) is 0 Å². The fourth-order valence-corrected chi connectivity index (χ4v) is 6.33. The van der Waals surface area contributed by atoms with E-state index in [-0.39, 0.29) is 31.1 Å². The van der Waals surface area contributed by atoms with E-state index in [0.717, 1.165) is 109 Å². The maximum absolute atomic E-state index is 12.7. The zero-order valence-corrected chi connectivity index (χ0v) is 36.2. The van der Waals surface area contributed by atoms with Gasteiger partial charge in [0.1, 0.15) is 13.2 Å². The number of rotatable bonds is 41. The van der Waals surface area contributed by atoms with Crippen molar-refractivity contribution in [3.8, 4) is 0 Å². The van der Waals surface area contributed by atoms with E-state index < -0.39 is 6.10 Å². The summed E-state index contributed by atoms with van der Waals surface area (Å²) in [7, 11) is 0. The normalized spacial score (nSPS) is 12.4. The van der Waals surface area contributed by atoms with E-state index in [1.165, 1.54) is 77.0 Å². The van der Waals surface area contributed by atoms with Gasteiger partial charge in [0, 0.05) is 19.3 Å². The number of carbonyl (C=O) groups is 3. The molecule has 0 bridgehead atoms. The maximum atomic E-state index is 12.7. The smallest absolute Gasteiger partial charge is 0.306 e. The molecular weight excluding hydrogens is 685 g/mol. The lowest BCUT2D eigenvalue weighted by molar-refractivity contribution is -0.167. The van der Waals surface area contributed by atoms with Gasteiger partial charge in [0.25, 0.3) is 0 Å². The third kappa shape index (κ3) is 42.4. The van der Waals surface area contributed by atoms with Crippen LogP contribution in [0.5, 0.6) is 0 Å². The summed E-state index contributed by atoms with van der Waals surface area (Å²) in [5.74, 6) is -0.914. The summed E-state index contributed by atoms with van der Waals surface area (Å²) < 4.78 is 16.6. The van der Waals surface area contributed by atoms with Gasteiger partial charge in [0.2, 0.25) is 0 Å². The standard InChI is InChI=1S/C49H86O6/c1-4-7-10-13-16-18-20-22-24-26-28-30-33-36-39-42-48(51)54-45-46(44-53-47(50)41-38-35-32-15-12-9-6-3)55-49(52)43-40-37-34-31-29-27-25-23-21-19-17-14-11-8-5-2/h7,10,16,18,22-25,46H,4-6,8-9,11-15,17,19-21,26-45H2,1-3H3/b10-7-,18-16-,24-22-,25-23-. The molecule has 0 aliphatic carbocycles. The predicted octanol–water partition coefficient (Wildman–Crippen LogP) is 14.8. The molecule has 0 amide bonds. The lowest BCUT2D eigenvalue weighted by atomic mass is 10.1. The van der Waals surface area contributed by atoms with Crippen molar-refractivity contribution in [3.05, 3.63) is 48.6 Å². The van der Waals surface area contributed by atoms with Crippen LogP contribution in [0.25, 0.3) is 0 Å². The third-order valence-electron chi connectivity index (χ3n) is 9.82. The molecule has 1 unspecified atom stereocenters. The molecule has 0 N–H and O–H groups in total. The first-order chi connectivity index (χ1) is 27.0. The zero-order chi connectivity index (χ0) is 40.1. The highest BCUT2D eigenvalue weighted by Crippen LogP contribution is 2.13. The Hall–Kier alpha value is -2.63. The molecule has 0 aromatic carbocycles. The monoisotopic (exact) mass is 771 g/mol. The van der Waals surface area contributed by atoms with Crippen molar-refractivity contribution >= 4 is 17.9 Å². The molecule has 6 nitrogen and oxygen atoms in total. The van der Waals surface area contributed by atoms with Crippen molar-refractivity contribution < 1.29 is 28.6 Å². The molecule has 55 heavy (non-hydrogen) atoms. The Morgan fingerprint density at radius 3 is 1.13 bits per heavy atom. The Morgan fingerprint density at radius 1 is 0.382 bits per heavy atom. The minimum Gasteiger partial charge on any atom is -0.462 e. The van der Waals surface area contributed by atoms with E-state index in [4.69, 9.17) is 14.2 Å². The number of allylic oxidation sites excluding steroid dienone is 8. The van der Waals surface area contributed by atoms with Gasteiger partial charge in [-0.05, 0) is 77.0 Å². The molecule has 0 spiro atoms. The summed E-state index contributed by atoms with van der Waals surface area (Å²) in [6, 6.07) is 0. The number of hydrogen-bond acceptors (Lipinski definition) is 6. The maximum Gasteiger partial charge on any atom is 0.306 e. The van der Waals surface area contributed by atoms with Gasteiger partial charge in [-0.25, -0.2) is 0 Å². The fraction of sp³-hybridized carbons (Fsp3) is 0.776. The Balaban J connectivity index is 4.34. The first-order valence-corrected chi connectivity index (χ1v) is 23.1. The highest BCUT2D eigenvalue weighted by molar-refractivity contribution is 5.71. The second-order valence-corrected chi connectivity index (χ2v) is 15.3. The predicted molar refractivity (Wildman–Crippen MR) is 233 cm³/mol. The Morgan fingerprint density at radius 2 is 0.709 bits per heavy atom. The van der Waals surface area contributed by atoms with Gasteiger partial charge in [-0.3, -0.25) is 14.4 Å². The van der Waals surface area contributed by atoms with Gasteiger partial charge in [0.15, 0.2) is 6.10 Å². The van der Waals surface area contributed by atoms with Crippen LogP contribution in [0.3, 0.4) is 0 Å². The minimum absolute atomic E-state index is 0.0816. The highest BCUT2D eigenvalue weighted by Gasteiger charge is 2.19. The summed E-state index contributed by atoms with van der Waals surface area (Å²) in [4.78, 5) is 37.6. The third-order valence-corrected chi connectivity index (χ3v) is 9.82. The molecule has 0 aliphatic rings. The molecule has 0 aliphatic heterocycles. The lowest BCUT2D eigenvalue weighted by Gasteiger charge is -2.18. The molecule has 0 radical (unpaired) electrons. The molecule has 318 valence electrons. The molecule has 0 fully saturated rings. The average molecular weight is 771 g/mol. The Labute approximate surface area is 339 Å². The first-order valence-electron chi connectivity index (χ1n) is 23.1. The summed E-state index contributed by atoms with van der Waals surface area (Å²) in [5, 5.41) is 0. The Kier molecular flexibility index (Phi) is 42.0. The number of carbonyl (C=O) groups excluding carboxylic acids is 3.